The van der Waals surface area contributed by atoms with Gasteiger partial charge in [-0.25, -0.2) is 14.9 Å². The molecule has 5 rings (SSSR count). The lowest BCUT2D eigenvalue weighted by Gasteiger charge is -2.29. The molecular weight excluding hydrogens is 430 g/mol. The highest BCUT2D eigenvalue weighted by molar-refractivity contribution is 9.10. The van der Waals surface area contributed by atoms with Gasteiger partial charge in [0.15, 0.2) is 0 Å². The number of benzene rings is 2. The Kier molecular flexibility index (Phi) is 4.13. The largest absolute Gasteiger partial charge is 0.274 e. The Hall–Kier alpha value is -1.73. The zero-order chi connectivity index (χ0) is 18.7. The molecule has 3 fully saturated rings. The van der Waals surface area contributed by atoms with E-state index in [0.717, 1.165) is 29.5 Å². The number of rotatable bonds is 2. The van der Waals surface area contributed by atoms with Gasteiger partial charge in [0, 0.05) is 22.6 Å². The van der Waals surface area contributed by atoms with E-state index < -0.39 is 12.0 Å². The predicted octanol–water partition coefficient (Wildman–Crippen LogP) is 3.64. The van der Waals surface area contributed by atoms with Crippen molar-refractivity contribution in [2.75, 3.05) is 18.0 Å². The van der Waals surface area contributed by atoms with Crippen LogP contribution < -0.4 is 4.90 Å². The molecule has 2 amide bonds. The topological polar surface area (TPSA) is 43.9 Å². The Balaban J connectivity index is 1.59. The van der Waals surface area contributed by atoms with Crippen LogP contribution in [-0.4, -0.2) is 41.0 Å². The van der Waals surface area contributed by atoms with E-state index >= 15 is 0 Å². The van der Waals surface area contributed by atoms with Crippen LogP contribution >= 0.6 is 27.5 Å². The van der Waals surface area contributed by atoms with Crippen LogP contribution in [-0.2, 0) is 9.59 Å². The molecule has 138 valence electrons. The van der Waals surface area contributed by atoms with Gasteiger partial charge in [0.25, 0.3) is 5.91 Å². The molecule has 0 aromatic heterocycles. The SMILES string of the molecule is O=C1[C@@H]2[C@H](C(=O)N1c1cccc(Br)c1)N1CCCN1[C@H]2c1ccc(Cl)cc1. The van der Waals surface area contributed by atoms with E-state index in [-0.39, 0.29) is 17.9 Å². The molecule has 0 spiro atoms. The second kappa shape index (κ2) is 6.41. The molecular formula is C20H17BrClN3O2. The Morgan fingerprint density at radius 3 is 2.33 bits per heavy atom. The minimum Gasteiger partial charge on any atom is -0.274 e. The summed E-state index contributed by atoms with van der Waals surface area (Å²) in [6.07, 6.45) is 0.992. The van der Waals surface area contributed by atoms with Gasteiger partial charge in [0.2, 0.25) is 5.91 Å². The average molecular weight is 447 g/mol. The molecule has 0 aliphatic carbocycles. The van der Waals surface area contributed by atoms with Gasteiger partial charge in [-0.1, -0.05) is 45.7 Å². The van der Waals surface area contributed by atoms with Crippen molar-refractivity contribution in [3.05, 3.63) is 63.6 Å². The van der Waals surface area contributed by atoms with Crippen molar-refractivity contribution >= 4 is 45.0 Å². The van der Waals surface area contributed by atoms with Crippen LogP contribution in [0.15, 0.2) is 53.0 Å². The molecule has 3 aliphatic heterocycles. The summed E-state index contributed by atoms with van der Waals surface area (Å²) in [5, 5.41) is 4.96. The molecule has 0 radical (unpaired) electrons. The van der Waals surface area contributed by atoms with Crippen molar-refractivity contribution in [2.24, 2.45) is 5.92 Å². The summed E-state index contributed by atoms with van der Waals surface area (Å²) in [5.41, 5.74) is 1.64. The quantitative estimate of drug-likeness (QED) is 0.661. The first-order chi connectivity index (χ1) is 13.1. The maximum atomic E-state index is 13.4. The summed E-state index contributed by atoms with van der Waals surface area (Å²) >= 11 is 9.48. The lowest BCUT2D eigenvalue weighted by molar-refractivity contribution is -0.126. The smallest absolute Gasteiger partial charge is 0.253 e. The fraction of sp³-hybridized carbons (Fsp3) is 0.300. The number of amides is 2. The number of halogens is 2. The number of anilines is 1. The van der Waals surface area contributed by atoms with Gasteiger partial charge >= 0.3 is 0 Å². The Bertz CT molecular complexity index is 935. The number of fused-ring (bicyclic) bond motifs is 3. The molecule has 3 heterocycles. The van der Waals surface area contributed by atoms with Crippen molar-refractivity contribution in [3.63, 3.8) is 0 Å². The number of carbonyl (C=O) groups is 2. The van der Waals surface area contributed by atoms with Gasteiger partial charge in [-0.2, -0.15) is 0 Å². The maximum Gasteiger partial charge on any atom is 0.253 e. The number of imide groups is 1. The monoisotopic (exact) mass is 445 g/mol. The minimum absolute atomic E-state index is 0.127. The van der Waals surface area contributed by atoms with E-state index in [9.17, 15) is 9.59 Å². The molecule has 3 atom stereocenters. The van der Waals surface area contributed by atoms with Crippen LogP contribution in [0.5, 0.6) is 0 Å². The lowest BCUT2D eigenvalue weighted by atomic mass is 9.90. The fourth-order valence-electron chi connectivity index (χ4n) is 4.64. The van der Waals surface area contributed by atoms with E-state index in [1.54, 1.807) is 6.07 Å². The average Bonchev–Trinajstić information content (AvgIpc) is 3.28. The van der Waals surface area contributed by atoms with Gasteiger partial charge in [-0.15, -0.1) is 0 Å². The van der Waals surface area contributed by atoms with E-state index in [2.05, 4.69) is 25.9 Å². The maximum absolute atomic E-state index is 13.4. The zero-order valence-electron chi connectivity index (χ0n) is 14.4. The van der Waals surface area contributed by atoms with Gasteiger partial charge in [-0.3, -0.25) is 9.59 Å². The second-order valence-electron chi connectivity index (χ2n) is 7.14. The summed E-state index contributed by atoms with van der Waals surface area (Å²) in [7, 11) is 0. The third-order valence-corrected chi connectivity index (χ3v) is 6.43. The van der Waals surface area contributed by atoms with Gasteiger partial charge in [0.1, 0.15) is 6.04 Å². The van der Waals surface area contributed by atoms with Crippen LogP contribution in [0.3, 0.4) is 0 Å². The molecule has 0 unspecified atom stereocenters. The summed E-state index contributed by atoms with van der Waals surface area (Å²) in [4.78, 5) is 28.0. The third kappa shape index (κ3) is 2.58. The first kappa shape index (κ1) is 17.4. The molecule has 2 aromatic rings. The van der Waals surface area contributed by atoms with E-state index in [4.69, 9.17) is 11.6 Å². The molecule has 0 saturated carbocycles. The molecule has 0 bridgehead atoms. The predicted molar refractivity (Wildman–Crippen MR) is 106 cm³/mol. The lowest BCUT2D eigenvalue weighted by Crippen LogP contribution is -2.44. The van der Waals surface area contributed by atoms with Crippen LogP contribution in [0.25, 0.3) is 0 Å². The number of hydrazine groups is 1. The molecule has 7 heteroatoms. The highest BCUT2D eigenvalue weighted by Gasteiger charge is 2.62. The van der Waals surface area contributed by atoms with Crippen molar-refractivity contribution < 1.29 is 9.59 Å². The number of hydrogen-bond acceptors (Lipinski definition) is 4. The van der Waals surface area contributed by atoms with Crippen LogP contribution in [0.4, 0.5) is 5.69 Å². The Labute approximate surface area is 170 Å². The van der Waals surface area contributed by atoms with Crippen LogP contribution in [0.1, 0.15) is 18.0 Å². The first-order valence-electron chi connectivity index (χ1n) is 8.98. The standard InChI is InChI=1S/C20H17BrClN3O2/c21-13-3-1-4-15(11-13)25-19(26)16-17(12-5-7-14(22)8-6-12)23-9-2-10-24(23)18(16)20(25)27/h1,3-8,11,16-18H,2,9-10H2/t16-,17-,18+/m0/s1. The van der Waals surface area contributed by atoms with Crippen molar-refractivity contribution in [1.82, 2.24) is 10.0 Å². The van der Waals surface area contributed by atoms with Crippen molar-refractivity contribution in [1.29, 1.82) is 0 Å². The summed E-state index contributed by atoms with van der Waals surface area (Å²) in [6, 6.07) is 14.4. The number of carbonyl (C=O) groups excluding carboxylic acids is 2. The summed E-state index contributed by atoms with van der Waals surface area (Å²) in [6.45, 7) is 1.66. The van der Waals surface area contributed by atoms with Crippen LogP contribution in [0.2, 0.25) is 5.02 Å². The van der Waals surface area contributed by atoms with Crippen molar-refractivity contribution in [3.8, 4) is 0 Å². The van der Waals surface area contributed by atoms with Gasteiger partial charge in [-0.05, 0) is 42.3 Å². The van der Waals surface area contributed by atoms with Crippen molar-refractivity contribution in [2.45, 2.75) is 18.5 Å². The number of hydrogen-bond donors (Lipinski definition) is 0. The second-order valence-corrected chi connectivity index (χ2v) is 8.49. The van der Waals surface area contributed by atoms with Gasteiger partial charge < -0.3 is 0 Å². The van der Waals surface area contributed by atoms with E-state index in [1.807, 2.05) is 42.5 Å². The summed E-state index contributed by atoms with van der Waals surface area (Å²) < 4.78 is 0.842. The Morgan fingerprint density at radius 1 is 0.926 bits per heavy atom. The van der Waals surface area contributed by atoms with Crippen LogP contribution in [0, 0.1) is 5.92 Å². The first-order valence-corrected chi connectivity index (χ1v) is 10.2. The molecule has 2 aromatic carbocycles. The molecule has 3 aliphatic rings. The van der Waals surface area contributed by atoms with E-state index in [1.165, 1.54) is 4.90 Å². The van der Waals surface area contributed by atoms with Gasteiger partial charge in [0.05, 0.1) is 17.6 Å². The summed E-state index contributed by atoms with van der Waals surface area (Å²) in [5.74, 6) is -0.665. The Morgan fingerprint density at radius 2 is 1.63 bits per heavy atom. The number of nitrogens with zero attached hydrogens (tertiary/aromatic N) is 3. The highest BCUT2D eigenvalue weighted by atomic mass is 79.9. The van der Waals surface area contributed by atoms with E-state index in [0.29, 0.717) is 10.7 Å². The fourth-order valence-corrected chi connectivity index (χ4v) is 5.16. The normalized spacial score (nSPS) is 28.1. The minimum atomic E-state index is -0.431. The third-order valence-electron chi connectivity index (χ3n) is 5.68. The molecule has 3 saturated heterocycles. The molecule has 0 N–H and O–H groups in total. The highest BCUT2D eigenvalue weighted by Crippen LogP contribution is 2.49. The molecule has 5 nitrogen and oxygen atoms in total. The zero-order valence-corrected chi connectivity index (χ0v) is 16.7. The molecule has 27 heavy (non-hydrogen) atoms.